The largest absolute Gasteiger partial charge is 0.514 e. The summed E-state index contributed by atoms with van der Waals surface area (Å²) in [5.74, 6) is -6.18. The van der Waals surface area contributed by atoms with Crippen molar-refractivity contribution < 1.29 is 58.0 Å². The number of halogens is 1. The Bertz CT molecular complexity index is 2510. The molecule has 15 heteroatoms. The van der Waals surface area contributed by atoms with E-state index in [9.17, 15) is 43.8 Å². The summed E-state index contributed by atoms with van der Waals surface area (Å²) >= 11 is 6.09. The molecule has 0 spiro atoms. The SMILES string of the molecule is C[C@@H]1CC(=O)[C@@H](N(C)C(=O)[C@H](CCCCCC(=O)OC(C)(C)C)CC(=O)c2ccc(-c3ccc(Cl)cc3)cc2)c2ccc(OC(=O)OC(C)(C)C)c(c2)-c2cc(ccc2O)C[C@@H](C(=O)O)NC1=O. The van der Waals surface area contributed by atoms with Crippen molar-refractivity contribution in [3.8, 4) is 33.8 Å². The molecule has 2 amide bonds. The lowest BCUT2D eigenvalue weighted by Gasteiger charge is -2.32. The van der Waals surface area contributed by atoms with Gasteiger partial charge in [-0.05, 0) is 113 Å². The second kappa shape index (κ2) is 22.5. The van der Waals surface area contributed by atoms with Gasteiger partial charge in [-0.1, -0.05) is 79.9 Å². The van der Waals surface area contributed by atoms with Gasteiger partial charge in [-0.2, -0.15) is 0 Å². The van der Waals surface area contributed by atoms with E-state index in [1.54, 1.807) is 77.9 Å². The lowest BCUT2D eigenvalue weighted by molar-refractivity contribution is -0.155. The van der Waals surface area contributed by atoms with Crippen molar-refractivity contribution in [1.29, 1.82) is 0 Å². The van der Waals surface area contributed by atoms with Gasteiger partial charge in [0.2, 0.25) is 11.8 Å². The Morgan fingerprint density at radius 2 is 1.43 bits per heavy atom. The molecular formula is C53H61ClN2O12. The number of phenols is 1. The summed E-state index contributed by atoms with van der Waals surface area (Å²) in [7, 11) is 1.43. The third-order valence-corrected chi connectivity index (χ3v) is 11.6. The van der Waals surface area contributed by atoms with Crippen molar-refractivity contribution in [3.63, 3.8) is 0 Å². The first-order valence-corrected chi connectivity index (χ1v) is 23.1. The minimum atomic E-state index is -1.42. The van der Waals surface area contributed by atoms with Gasteiger partial charge in [0.1, 0.15) is 34.8 Å². The minimum absolute atomic E-state index is 0.0730. The summed E-state index contributed by atoms with van der Waals surface area (Å²) in [4.78, 5) is 96.5. The molecule has 0 radical (unpaired) electrons. The van der Waals surface area contributed by atoms with Crippen LogP contribution < -0.4 is 10.1 Å². The Balaban J connectivity index is 1.55. The number of hydrogen-bond donors (Lipinski definition) is 3. The smallest absolute Gasteiger partial charge is 0.507 e. The minimum Gasteiger partial charge on any atom is -0.507 e. The third kappa shape index (κ3) is 14.7. The van der Waals surface area contributed by atoms with Crippen molar-refractivity contribution in [1.82, 2.24) is 10.2 Å². The molecule has 5 rings (SSSR count). The summed E-state index contributed by atoms with van der Waals surface area (Å²) in [6, 6.07) is 20.2. The number of benzene rings is 4. The first-order valence-electron chi connectivity index (χ1n) is 22.7. The number of aromatic hydroxyl groups is 1. The monoisotopic (exact) mass is 952 g/mol. The van der Waals surface area contributed by atoms with Crippen molar-refractivity contribution in [2.75, 3.05) is 7.05 Å². The van der Waals surface area contributed by atoms with E-state index in [-0.39, 0.29) is 65.6 Å². The highest BCUT2D eigenvalue weighted by Crippen LogP contribution is 2.41. The molecule has 0 saturated carbocycles. The fourth-order valence-electron chi connectivity index (χ4n) is 7.98. The van der Waals surface area contributed by atoms with Gasteiger partial charge in [0.05, 0.1) is 0 Å². The number of ketones is 2. The molecule has 3 N–H and O–H groups in total. The maximum absolute atomic E-state index is 15.0. The van der Waals surface area contributed by atoms with Crippen LogP contribution in [-0.2, 0) is 39.9 Å². The Kier molecular flexibility index (Phi) is 17.4. The Labute approximate surface area is 402 Å². The van der Waals surface area contributed by atoms with E-state index in [1.807, 2.05) is 12.1 Å². The van der Waals surface area contributed by atoms with Gasteiger partial charge in [0.25, 0.3) is 0 Å². The Morgan fingerprint density at radius 3 is 2.04 bits per heavy atom. The predicted molar refractivity (Wildman–Crippen MR) is 256 cm³/mol. The highest BCUT2D eigenvalue weighted by atomic mass is 35.5. The van der Waals surface area contributed by atoms with Crippen LogP contribution in [0.5, 0.6) is 11.5 Å². The number of ether oxygens (including phenoxy) is 3. The van der Waals surface area contributed by atoms with Crippen molar-refractivity contribution >= 4 is 53.1 Å². The van der Waals surface area contributed by atoms with Gasteiger partial charge in [-0.25, -0.2) is 9.59 Å². The number of likely N-dealkylation sites (N-methyl/N-ethyl adjacent to an activating group) is 1. The molecule has 0 unspecified atom stereocenters. The van der Waals surface area contributed by atoms with Gasteiger partial charge in [-0.15, -0.1) is 0 Å². The number of carboxylic acids is 1. The maximum Gasteiger partial charge on any atom is 0.514 e. The van der Waals surface area contributed by atoms with Crippen LogP contribution in [0.15, 0.2) is 84.9 Å². The van der Waals surface area contributed by atoms with E-state index >= 15 is 0 Å². The molecule has 362 valence electrons. The van der Waals surface area contributed by atoms with E-state index in [4.69, 9.17) is 25.8 Å². The molecule has 4 bridgehead atoms. The van der Waals surface area contributed by atoms with Crippen LogP contribution >= 0.6 is 11.6 Å². The van der Waals surface area contributed by atoms with Crippen molar-refractivity contribution in [3.05, 3.63) is 107 Å². The zero-order valence-corrected chi connectivity index (χ0v) is 40.6. The summed E-state index contributed by atoms with van der Waals surface area (Å²) in [6.45, 7) is 11.8. The molecule has 4 aromatic carbocycles. The molecule has 0 aliphatic carbocycles. The second-order valence-electron chi connectivity index (χ2n) is 19.3. The molecule has 4 aromatic rings. The highest BCUT2D eigenvalue weighted by Gasteiger charge is 2.36. The number of amides is 2. The fraction of sp³-hybridized carbons (Fsp3) is 0.415. The van der Waals surface area contributed by atoms with E-state index in [0.717, 1.165) is 11.1 Å². The molecule has 14 nitrogen and oxygen atoms in total. The average molecular weight is 954 g/mol. The number of phenolic OH excluding ortho intramolecular Hbond substituents is 1. The normalized spacial score (nSPS) is 16.9. The third-order valence-electron chi connectivity index (χ3n) is 11.3. The summed E-state index contributed by atoms with van der Waals surface area (Å²) in [5, 5.41) is 24.5. The van der Waals surface area contributed by atoms with E-state index in [2.05, 4.69) is 5.32 Å². The number of carbonyl (C=O) groups excluding carboxylic acids is 6. The van der Waals surface area contributed by atoms with Crippen LogP contribution in [0.25, 0.3) is 22.3 Å². The number of unbranched alkanes of at least 4 members (excludes halogenated alkanes) is 2. The number of aliphatic carboxylic acids is 1. The van der Waals surface area contributed by atoms with Crippen molar-refractivity contribution in [2.45, 2.75) is 123 Å². The predicted octanol–water partition coefficient (Wildman–Crippen LogP) is 10.1. The van der Waals surface area contributed by atoms with E-state index < -0.39 is 71.3 Å². The van der Waals surface area contributed by atoms with Crippen LogP contribution in [0.1, 0.15) is 121 Å². The zero-order chi connectivity index (χ0) is 50.1. The van der Waals surface area contributed by atoms with Crippen molar-refractivity contribution in [2.24, 2.45) is 11.8 Å². The molecule has 0 fully saturated rings. The number of rotatable bonds is 14. The van der Waals surface area contributed by atoms with Gasteiger partial charge in [-0.3, -0.25) is 24.0 Å². The zero-order valence-electron chi connectivity index (χ0n) is 39.9. The van der Waals surface area contributed by atoms with Gasteiger partial charge in [0, 0.05) is 66.3 Å². The van der Waals surface area contributed by atoms with Crippen LogP contribution in [0.2, 0.25) is 5.02 Å². The average Bonchev–Trinajstić information content (AvgIpc) is 3.25. The molecule has 4 atom stereocenters. The lowest BCUT2D eigenvalue weighted by Crippen LogP contribution is -2.45. The number of carbonyl (C=O) groups is 7. The molecule has 1 aliphatic heterocycles. The fourth-order valence-corrected chi connectivity index (χ4v) is 8.10. The van der Waals surface area contributed by atoms with Gasteiger partial charge >= 0.3 is 18.1 Å². The summed E-state index contributed by atoms with van der Waals surface area (Å²) in [6.07, 6.45) is -0.0421. The molecule has 68 heavy (non-hydrogen) atoms. The number of esters is 1. The number of carboxylic acid groups (broad SMARTS) is 1. The number of nitrogens with zero attached hydrogens (tertiary/aromatic N) is 1. The Hall–Kier alpha value is -6.54. The summed E-state index contributed by atoms with van der Waals surface area (Å²) in [5.41, 5.74) is 1.39. The highest BCUT2D eigenvalue weighted by molar-refractivity contribution is 6.30. The van der Waals surface area contributed by atoms with E-state index in [1.165, 1.54) is 55.3 Å². The number of nitrogens with one attached hydrogen (secondary N) is 1. The number of fused-ring (bicyclic) bond motifs is 5. The number of Topliss-reactive ketones (excluding diaryl/α,β-unsaturated/α-hetero) is 2. The standard InChI is InChI=1S/C53H61ClN2O12/c1-31-26-44(59)47(36-21-25-45(66-51(65)68-53(5,6)7)40(29-36)39-27-32(14-24-42(39)57)28-41(50(63)64)55-48(31)61)56(8)49(62)37(12-10-9-11-13-46(60)67-52(2,3)4)30-43(58)35-17-15-33(16-18-35)34-19-22-38(54)23-20-34/h14-25,27,29,31,37,41,47,57H,9-13,26,28,30H2,1-8H3,(H,55,61)(H,63,64)/t31-,37-,41+,47+/m1/s1. The Morgan fingerprint density at radius 1 is 0.794 bits per heavy atom. The van der Waals surface area contributed by atoms with Crippen LogP contribution in [0.4, 0.5) is 4.79 Å². The van der Waals surface area contributed by atoms with E-state index in [0.29, 0.717) is 35.4 Å². The van der Waals surface area contributed by atoms with Crippen LogP contribution in [-0.4, -0.2) is 80.9 Å². The molecular weight excluding hydrogens is 892 g/mol. The lowest BCUT2D eigenvalue weighted by atomic mass is 9.87. The first-order chi connectivity index (χ1) is 31.9. The maximum atomic E-state index is 15.0. The molecule has 0 aromatic heterocycles. The van der Waals surface area contributed by atoms with Crippen LogP contribution in [0, 0.1) is 11.8 Å². The quantitative estimate of drug-likeness (QED) is 0.0468. The van der Waals surface area contributed by atoms with Gasteiger partial charge < -0.3 is 34.6 Å². The second-order valence-corrected chi connectivity index (χ2v) is 19.7. The topological polar surface area (TPSA) is 203 Å². The van der Waals surface area contributed by atoms with Crippen LogP contribution in [0.3, 0.4) is 0 Å². The first kappa shape index (κ1) is 52.4. The molecule has 0 saturated heterocycles. The summed E-state index contributed by atoms with van der Waals surface area (Å²) < 4.78 is 16.6. The molecule has 1 aliphatic rings. The number of hydrogen-bond acceptors (Lipinski definition) is 11. The van der Waals surface area contributed by atoms with Gasteiger partial charge in [0.15, 0.2) is 11.6 Å². The molecule has 1 heterocycles.